The third-order valence-corrected chi connectivity index (χ3v) is 2.01. The molecule has 1 atom stereocenters. The van der Waals surface area contributed by atoms with E-state index in [0.29, 0.717) is 6.42 Å². The Morgan fingerprint density at radius 3 is 2.88 bits per heavy atom. The summed E-state index contributed by atoms with van der Waals surface area (Å²) in [6.07, 6.45) is 1.55. The highest BCUT2D eigenvalue weighted by Gasteiger charge is 2.20. The molecule has 0 aliphatic carbocycles. The number of amides is 1. The van der Waals surface area contributed by atoms with Crippen LogP contribution < -0.4 is 5.32 Å². The van der Waals surface area contributed by atoms with Gasteiger partial charge in [0.1, 0.15) is 0 Å². The van der Waals surface area contributed by atoms with Crippen molar-refractivity contribution in [2.75, 3.05) is 6.61 Å². The molecule has 0 aromatic carbocycles. The number of aliphatic hydroxyl groups excluding tert-OH is 1. The number of aromatic nitrogens is 2. The third kappa shape index (κ3) is 2.80. The number of carboxylic acid groups (broad SMARTS) is 1. The monoisotopic (exact) mass is 227 g/mol. The highest BCUT2D eigenvalue weighted by atomic mass is 16.4. The standard InChI is InChI=1S/C9H13N3O4/c1-5(2-3-13)12-8(14)6-7(9(15)16)11-4-10-6/h4-5,13H,2-3H2,1H3,(H,10,11)(H,12,14)(H,15,16). The van der Waals surface area contributed by atoms with Gasteiger partial charge in [-0.2, -0.15) is 0 Å². The van der Waals surface area contributed by atoms with E-state index in [9.17, 15) is 9.59 Å². The largest absolute Gasteiger partial charge is 0.477 e. The summed E-state index contributed by atoms with van der Waals surface area (Å²) in [6, 6.07) is -0.240. The van der Waals surface area contributed by atoms with Crippen LogP contribution in [0.2, 0.25) is 0 Å². The highest BCUT2D eigenvalue weighted by molar-refractivity contribution is 6.02. The maximum absolute atomic E-state index is 11.6. The summed E-state index contributed by atoms with van der Waals surface area (Å²) in [5, 5.41) is 19.9. The van der Waals surface area contributed by atoms with Crippen LogP contribution in [0.25, 0.3) is 0 Å². The Kier molecular flexibility index (Phi) is 4.01. The summed E-state index contributed by atoms with van der Waals surface area (Å²) in [7, 11) is 0. The highest BCUT2D eigenvalue weighted by Crippen LogP contribution is 2.03. The van der Waals surface area contributed by atoms with Crippen LogP contribution in [0.4, 0.5) is 0 Å². The van der Waals surface area contributed by atoms with E-state index in [4.69, 9.17) is 10.2 Å². The van der Waals surface area contributed by atoms with Gasteiger partial charge in [0.25, 0.3) is 5.91 Å². The molecule has 0 aliphatic rings. The number of rotatable bonds is 5. The minimum absolute atomic E-state index is 0.0478. The Bertz CT molecular complexity index is 388. The molecular weight excluding hydrogens is 214 g/mol. The first kappa shape index (κ1) is 12.2. The number of aromatic amines is 1. The van der Waals surface area contributed by atoms with Crippen LogP contribution in [0.15, 0.2) is 6.33 Å². The maximum Gasteiger partial charge on any atom is 0.354 e. The SMILES string of the molecule is CC(CCO)NC(=O)c1nc[nH]c1C(=O)O. The van der Waals surface area contributed by atoms with E-state index in [-0.39, 0.29) is 24.0 Å². The lowest BCUT2D eigenvalue weighted by Gasteiger charge is -2.11. The molecule has 4 N–H and O–H groups in total. The third-order valence-electron chi connectivity index (χ3n) is 2.01. The summed E-state index contributed by atoms with van der Waals surface area (Å²) in [4.78, 5) is 28.3. The van der Waals surface area contributed by atoms with Crippen LogP contribution in [0.1, 0.15) is 34.3 Å². The minimum atomic E-state index is -1.24. The van der Waals surface area contributed by atoms with E-state index in [0.717, 1.165) is 6.33 Å². The molecule has 0 saturated carbocycles. The Balaban J connectivity index is 2.73. The molecule has 1 unspecified atom stereocenters. The molecule has 16 heavy (non-hydrogen) atoms. The van der Waals surface area contributed by atoms with Gasteiger partial charge >= 0.3 is 5.97 Å². The van der Waals surface area contributed by atoms with Crippen LogP contribution in [0.5, 0.6) is 0 Å². The van der Waals surface area contributed by atoms with Crippen molar-refractivity contribution in [3.8, 4) is 0 Å². The van der Waals surface area contributed by atoms with Gasteiger partial charge in [0.2, 0.25) is 0 Å². The zero-order valence-electron chi connectivity index (χ0n) is 8.73. The Hall–Kier alpha value is -1.89. The zero-order valence-corrected chi connectivity index (χ0v) is 8.73. The maximum atomic E-state index is 11.6. The van der Waals surface area contributed by atoms with Crippen molar-refractivity contribution >= 4 is 11.9 Å². The summed E-state index contributed by atoms with van der Waals surface area (Å²) in [6.45, 7) is 1.66. The number of hydrogen-bond acceptors (Lipinski definition) is 4. The topological polar surface area (TPSA) is 115 Å². The number of aromatic carboxylic acids is 1. The minimum Gasteiger partial charge on any atom is -0.477 e. The molecular formula is C9H13N3O4. The first-order chi connectivity index (χ1) is 7.56. The van der Waals surface area contributed by atoms with Gasteiger partial charge in [-0.1, -0.05) is 0 Å². The van der Waals surface area contributed by atoms with Gasteiger partial charge in [-0.15, -0.1) is 0 Å². The fourth-order valence-corrected chi connectivity index (χ4v) is 1.19. The van der Waals surface area contributed by atoms with Gasteiger partial charge in [0, 0.05) is 12.6 Å². The average molecular weight is 227 g/mol. The lowest BCUT2D eigenvalue weighted by molar-refractivity contribution is 0.0684. The van der Waals surface area contributed by atoms with Gasteiger partial charge in [-0.05, 0) is 13.3 Å². The molecule has 0 fully saturated rings. The van der Waals surface area contributed by atoms with Crippen LogP contribution in [-0.4, -0.2) is 44.7 Å². The van der Waals surface area contributed by atoms with E-state index >= 15 is 0 Å². The van der Waals surface area contributed by atoms with Gasteiger partial charge in [-0.25, -0.2) is 9.78 Å². The molecule has 1 amide bonds. The van der Waals surface area contributed by atoms with Gasteiger partial charge < -0.3 is 20.5 Å². The summed E-state index contributed by atoms with van der Waals surface area (Å²) >= 11 is 0. The lowest BCUT2D eigenvalue weighted by Crippen LogP contribution is -2.34. The number of hydrogen-bond donors (Lipinski definition) is 4. The van der Waals surface area contributed by atoms with Crippen molar-refractivity contribution in [1.29, 1.82) is 0 Å². The molecule has 7 nitrogen and oxygen atoms in total. The van der Waals surface area contributed by atoms with E-state index in [1.165, 1.54) is 0 Å². The predicted octanol–water partition coefficient (Wildman–Crippen LogP) is -0.391. The van der Waals surface area contributed by atoms with E-state index in [1.807, 2.05) is 0 Å². The number of nitrogens with zero attached hydrogens (tertiary/aromatic N) is 1. The fraction of sp³-hybridized carbons (Fsp3) is 0.444. The predicted molar refractivity (Wildman–Crippen MR) is 54.2 cm³/mol. The van der Waals surface area contributed by atoms with Crippen LogP contribution in [0.3, 0.4) is 0 Å². The second-order valence-electron chi connectivity index (χ2n) is 3.32. The van der Waals surface area contributed by atoms with Crippen molar-refractivity contribution in [2.45, 2.75) is 19.4 Å². The van der Waals surface area contributed by atoms with Crippen LogP contribution >= 0.6 is 0 Å². The second-order valence-corrected chi connectivity index (χ2v) is 3.32. The number of nitrogens with one attached hydrogen (secondary N) is 2. The number of carbonyl (C=O) groups excluding carboxylic acids is 1. The molecule has 1 aromatic rings. The number of aliphatic hydroxyl groups is 1. The van der Waals surface area contributed by atoms with Crippen molar-refractivity contribution < 1.29 is 19.8 Å². The molecule has 0 spiro atoms. The number of imidazole rings is 1. The van der Waals surface area contributed by atoms with Crippen LogP contribution in [-0.2, 0) is 0 Å². The molecule has 1 aromatic heterocycles. The number of carbonyl (C=O) groups is 2. The normalized spacial score (nSPS) is 12.1. The quantitative estimate of drug-likeness (QED) is 0.546. The zero-order chi connectivity index (χ0) is 12.1. The average Bonchev–Trinajstić information content (AvgIpc) is 2.65. The lowest BCUT2D eigenvalue weighted by atomic mass is 10.2. The van der Waals surface area contributed by atoms with Crippen molar-refractivity contribution in [3.63, 3.8) is 0 Å². The van der Waals surface area contributed by atoms with E-state index < -0.39 is 11.9 Å². The number of H-pyrrole nitrogens is 1. The summed E-state index contributed by atoms with van der Waals surface area (Å²) < 4.78 is 0. The summed E-state index contributed by atoms with van der Waals surface area (Å²) in [5.74, 6) is -1.81. The van der Waals surface area contributed by atoms with Gasteiger partial charge in [0.15, 0.2) is 11.4 Å². The van der Waals surface area contributed by atoms with Crippen molar-refractivity contribution in [1.82, 2.24) is 15.3 Å². The Morgan fingerprint density at radius 2 is 2.31 bits per heavy atom. The van der Waals surface area contributed by atoms with Crippen LogP contribution in [0, 0.1) is 0 Å². The van der Waals surface area contributed by atoms with Crippen molar-refractivity contribution in [2.24, 2.45) is 0 Å². The van der Waals surface area contributed by atoms with E-state index in [2.05, 4.69) is 15.3 Å². The molecule has 7 heteroatoms. The Morgan fingerprint density at radius 1 is 1.62 bits per heavy atom. The second kappa shape index (κ2) is 5.26. The molecule has 0 bridgehead atoms. The first-order valence-corrected chi connectivity index (χ1v) is 4.74. The molecule has 0 aliphatic heterocycles. The van der Waals surface area contributed by atoms with E-state index in [1.54, 1.807) is 6.92 Å². The molecule has 1 rings (SSSR count). The number of carboxylic acids is 1. The summed E-state index contributed by atoms with van der Waals surface area (Å²) in [5.41, 5.74) is -0.397. The molecule has 1 heterocycles. The van der Waals surface area contributed by atoms with Gasteiger partial charge in [-0.3, -0.25) is 4.79 Å². The first-order valence-electron chi connectivity index (χ1n) is 4.74. The molecule has 0 saturated heterocycles. The Labute approximate surface area is 91.5 Å². The molecule has 0 radical (unpaired) electrons. The fourth-order valence-electron chi connectivity index (χ4n) is 1.19. The smallest absolute Gasteiger partial charge is 0.354 e. The van der Waals surface area contributed by atoms with Gasteiger partial charge in [0.05, 0.1) is 6.33 Å². The van der Waals surface area contributed by atoms with Crippen molar-refractivity contribution in [3.05, 3.63) is 17.7 Å². The molecule has 88 valence electrons.